The van der Waals surface area contributed by atoms with Crippen LogP contribution in [0.2, 0.25) is 0 Å². The number of hydrogen-bond acceptors (Lipinski definition) is 5. The Bertz CT molecular complexity index is 656. The molecule has 1 aromatic carbocycles. The molecular weight excluding hydrogens is 266 g/mol. The Kier molecular flexibility index (Phi) is 3.75. The van der Waals surface area contributed by atoms with Gasteiger partial charge in [-0.2, -0.15) is 0 Å². The molecule has 2 N–H and O–H groups in total. The molecule has 0 aliphatic carbocycles. The van der Waals surface area contributed by atoms with E-state index in [-0.39, 0.29) is 6.10 Å². The van der Waals surface area contributed by atoms with Gasteiger partial charge in [-0.05, 0) is 26.0 Å². The zero-order valence-corrected chi connectivity index (χ0v) is 12.3. The molecular formula is C16H19N3O2. The van der Waals surface area contributed by atoms with Gasteiger partial charge in [0, 0.05) is 17.5 Å². The van der Waals surface area contributed by atoms with Gasteiger partial charge in [0.05, 0.1) is 25.0 Å². The normalized spacial score (nSPS) is 14.0. The highest BCUT2D eigenvalue weighted by Gasteiger charge is 2.17. The number of hydrogen-bond donors (Lipinski definition) is 1. The van der Waals surface area contributed by atoms with Gasteiger partial charge in [-0.15, -0.1) is 0 Å². The molecule has 0 spiro atoms. The molecule has 0 bridgehead atoms. The monoisotopic (exact) mass is 285 g/mol. The maximum Gasteiger partial charge on any atom is 0.161 e. The second kappa shape index (κ2) is 5.69. The fraction of sp³-hybridized carbons (Fsp3) is 0.375. The highest BCUT2D eigenvalue weighted by atomic mass is 16.5. The fourth-order valence-electron chi connectivity index (χ4n) is 2.37. The van der Waals surface area contributed by atoms with Crippen LogP contribution in [0.1, 0.15) is 25.1 Å². The maximum atomic E-state index is 6.04. The third kappa shape index (κ3) is 2.97. The number of anilines is 1. The van der Waals surface area contributed by atoms with Crippen LogP contribution in [0.25, 0.3) is 11.4 Å². The molecule has 2 heterocycles. The number of fused-ring (bicyclic) bond motifs is 1. The summed E-state index contributed by atoms with van der Waals surface area (Å²) in [6.07, 6.45) is 0.906. The van der Waals surface area contributed by atoms with Gasteiger partial charge >= 0.3 is 0 Å². The van der Waals surface area contributed by atoms with E-state index >= 15 is 0 Å². The number of rotatable bonds is 3. The molecule has 0 radical (unpaired) electrons. The number of ether oxygens (including phenoxy) is 2. The summed E-state index contributed by atoms with van der Waals surface area (Å²) in [5, 5.41) is 0. The number of nitrogen functional groups attached to an aromatic ring is 1. The SMILES string of the molecule is CC(C)Oc1cccc(-c2nc(N)c3c(n2)CCOC3)c1. The Labute approximate surface area is 124 Å². The smallest absolute Gasteiger partial charge is 0.161 e. The zero-order chi connectivity index (χ0) is 14.8. The highest BCUT2D eigenvalue weighted by Crippen LogP contribution is 2.26. The van der Waals surface area contributed by atoms with Crippen molar-refractivity contribution < 1.29 is 9.47 Å². The van der Waals surface area contributed by atoms with Crippen LogP contribution < -0.4 is 10.5 Å². The number of aromatic nitrogens is 2. The maximum absolute atomic E-state index is 6.04. The van der Waals surface area contributed by atoms with Crippen molar-refractivity contribution in [3.63, 3.8) is 0 Å². The Morgan fingerprint density at radius 1 is 1.29 bits per heavy atom. The minimum Gasteiger partial charge on any atom is -0.491 e. The first-order valence-electron chi connectivity index (χ1n) is 7.13. The van der Waals surface area contributed by atoms with Gasteiger partial charge in [0.2, 0.25) is 0 Å². The third-order valence-electron chi connectivity index (χ3n) is 3.32. The van der Waals surface area contributed by atoms with E-state index in [9.17, 15) is 0 Å². The average molecular weight is 285 g/mol. The Morgan fingerprint density at radius 2 is 2.14 bits per heavy atom. The molecule has 21 heavy (non-hydrogen) atoms. The molecule has 1 aliphatic rings. The van der Waals surface area contributed by atoms with Crippen molar-refractivity contribution in [1.82, 2.24) is 9.97 Å². The molecule has 0 unspecified atom stereocenters. The summed E-state index contributed by atoms with van der Waals surface area (Å²) >= 11 is 0. The van der Waals surface area contributed by atoms with Gasteiger partial charge in [0.25, 0.3) is 0 Å². The minimum absolute atomic E-state index is 0.131. The van der Waals surface area contributed by atoms with Crippen LogP contribution in [0.3, 0.4) is 0 Å². The van der Waals surface area contributed by atoms with Gasteiger partial charge in [0.15, 0.2) is 5.82 Å². The topological polar surface area (TPSA) is 70.3 Å². The Balaban J connectivity index is 1.98. The standard InChI is InChI=1S/C16H19N3O2/c1-10(2)21-12-5-3-4-11(8-12)16-18-14-6-7-20-9-13(14)15(17)19-16/h3-5,8,10H,6-7,9H2,1-2H3,(H2,17,18,19). The average Bonchev–Trinajstić information content (AvgIpc) is 2.47. The van der Waals surface area contributed by atoms with Crippen molar-refractivity contribution in [2.24, 2.45) is 0 Å². The molecule has 2 aromatic rings. The number of benzene rings is 1. The molecule has 0 saturated heterocycles. The summed E-state index contributed by atoms with van der Waals surface area (Å²) in [6.45, 7) is 5.18. The first-order valence-corrected chi connectivity index (χ1v) is 7.13. The molecule has 0 saturated carbocycles. The van der Waals surface area contributed by atoms with Crippen molar-refractivity contribution in [2.75, 3.05) is 12.3 Å². The summed E-state index contributed by atoms with van der Waals surface area (Å²) in [4.78, 5) is 9.05. The van der Waals surface area contributed by atoms with Crippen LogP contribution in [-0.2, 0) is 17.8 Å². The molecule has 1 aliphatic heterocycles. The van der Waals surface area contributed by atoms with E-state index in [0.717, 1.165) is 29.0 Å². The highest BCUT2D eigenvalue weighted by molar-refractivity contribution is 5.60. The molecule has 5 heteroatoms. The molecule has 3 rings (SSSR count). The molecule has 0 fully saturated rings. The van der Waals surface area contributed by atoms with Crippen LogP contribution in [0.5, 0.6) is 5.75 Å². The van der Waals surface area contributed by atoms with E-state index in [4.69, 9.17) is 15.2 Å². The van der Waals surface area contributed by atoms with Crippen molar-refractivity contribution in [3.8, 4) is 17.1 Å². The van der Waals surface area contributed by atoms with Crippen molar-refractivity contribution >= 4 is 5.82 Å². The largest absolute Gasteiger partial charge is 0.491 e. The lowest BCUT2D eigenvalue weighted by molar-refractivity contribution is 0.109. The second-order valence-electron chi connectivity index (χ2n) is 5.35. The molecule has 0 amide bonds. The predicted octanol–water partition coefficient (Wildman–Crippen LogP) is 2.59. The summed E-state index contributed by atoms with van der Waals surface area (Å²) < 4.78 is 11.1. The van der Waals surface area contributed by atoms with E-state index in [2.05, 4.69) is 9.97 Å². The van der Waals surface area contributed by atoms with Gasteiger partial charge in [-0.1, -0.05) is 12.1 Å². The van der Waals surface area contributed by atoms with Gasteiger partial charge in [-0.25, -0.2) is 9.97 Å². The van der Waals surface area contributed by atoms with Crippen LogP contribution in [0, 0.1) is 0 Å². The quantitative estimate of drug-likeness (QED) is 0.938. The van der Waals surface area contributed by atoms with Gasteiger partial charge in [-0.3, -0.25) is 0 Å². The van der Waals surface area contributed by atoms with E-state index < -0.39 is 0 Å². The Morgan fingerprint density at radius 3 is 2.95 bits per heavy atom. The first-order chi connectivity index (χ1) is 10.1. The lowest BCUT2D eigenvalue weighted by atomic mass is 10.1. The summed E-state index contributed by atoms with van der Waals surface area (Å²) in [7, 11) is 0. The van der Waals surface area contributed by atoms with Gasteiger partial charge < -0.3 is 15.2 Å². The van der Waals surface area contributed by atoms with Crippen LogP contribution >= 0.6 is 0 Å². The summed E-state index contributed by atoms with van der Waals surface area (Å²) in [5.41, 5.74) is 8.85. The van der Waals surface area contributed by atoms with E-state index in [1.165, 1.54) is 0 Å². The van der Waals surface area contributed by atoms with E-state index in [0.29, 0.717) is 24.9 Å². The van der Waals surface area contributed by atoms with E-state index in [1.807, 2.05) is 38.1 Å². The lowest BCUT2D eigenvalue weighted by Crippen LogP contribution is -2.16. The van der Waals surface area contributed by atoms with Crippen LogP contribution in [-0.4, -0.2) is 22.7 Å². The summed E-state index contributed by atoms with van der Waals surface area (Å²) in [5.74, 6) is 1.96. The zero-order valence-electron chi connectivity index (χ0n) is 12.3. The first kappa shape index (κ1) is 13.8. The van der Waals surface area contributed by atoms with E-state index in [1.54, 1.807) is 0 Å². The third-order valence-corrected chi connectivity index (χ3v) is 3.32. The molecule has 1 aromatic heterocycles. The summed E-state index contributed by atoms with van der Waals surface area (Å²) in [6, 6.07) is 7.78. The molecule has 110 valence electrons. The minimum atomic E-state index is 0.131. The predicted molar refractivity (Wildman–Crippen MR) is 81.0 cm³/mol. The molecule has 5 nitrogen and oxygen atoms in total. The number of nitrogens with two attached hydrogens (primary N) is 1. The number of nitrogens with zero attached hydrogens (tertiary/aromatic N) is 2. The van der Waals surface area contributed by atoms with Crippen LogP contribution in [0.4, 0.5) is 5.82 Å². The molecule has 0 atom stereocenters. The van der Waals surface area contributed by atoms with Crippen LogP contribution in [0.15, 0.2) is 24.3 Å². The van der Waals surface area contributed by atoms with Crippen molar-refractivity contribution in [3.05, 3.63) is 35.5 Å². The lowest BCUT2D eigenvalue weighted by Gasteiger charge is -2.18. The Hall–Kier alpha value is -2.14. The van der Waals surface area contributed by atoms with Gasteiger partial charge in [0.1, 0.15) is 11.6 Å². The van der Waals surface area contributed by atoms with Crippen molar-refractivity contribution in [1.29, 1.82) is 0 Å². The van der Waals surface area contributed by atoms with Crippen molar-refractivity contribution in [2.45, 2.75) is 33.0 Å². The fourth-order valence-corrected chi connectivity index (χ4v) is 2.37. The second-order valence-corrected chi connectivity index (χ2v) is 5.35.